The second kappa shape index (κ2) is 5.87. The molecule has 2 nitrogen and oxygen atoms in total. The molecule has 0 saturated heterocycles. The first-order chi connectivity index (χ1) is 9.70. The van der Waals surface area contributed by atoms with Crippen molar-refractivity contribution in [2.24, 2.45) is 5.92 Å². The molecule has 2 aliphatic rings. The number of hydrogen-bond acceptors (Lipinski definition) is 2. The van der Waals surface area contributed by atoms with Gasteiger partial charge >= 0.3 is 0 Å². The fourth-order valence-corrected chi connectivity index (χ4v) is 4.29. The van der Waals surface area contributed by atoms with Crippen LogP contribution in [0.2, 0.25) is 0 Å². The minimum absolute atomic E-state index is 0.261. The van der Waals surface area contributed by atoms with Gasteiger partial charge in [-0.1, -0.05) is 49.6 Å². The van der Waals surface area contributed by atoms with Crippen molar-refractivity contribution in [2.45, 2.75) is 69.6 Å². The predicted octanol–water partition coefficient (Wildman–Crippen LogP) is 3.81. The smallest absolute Gasteiger partial charge is 0.0828 e. The van der Waals surface area contributed by atoms with Crippen LogP contribution in [0.4, 0.5) is 0 Å². The zero-order chi connectivity index (χ0) is 14.0. The van der Waals surface area contributed by atoms with Gasteiger partial charge in [-0.3, -0.25) is 0 Å². The van der Waals surface area contributed by atoms with E-state index in [1.807, 2.05) is 0 Å². The van der Waals surface area contributed by atoms with E-state index in [9.17, 15) is 5.11 Å². The number of rotatable bonds is 3. The molecule has 0 amide bonds. The molecule has 20 heavy (non-hydrogen) atoms. The van der Waals surface area contributed by atoms with Crippen LogP contribution in [0.15, 0.2) is 30.3 Å². The molecule has 3 rings (SSSR count). The lowest BCUT2D eigenvalue weighted by Crippen LogP contribution is -2.59. The van der Waals surface area contributed by atoms with Gasteiger partial charge in [-0.25, -0.2) is 0 Å². The fraction of sp³-hybridized carbons (Fsp3) is 0.667. The lowest BCUT2D eigenvalue weighted by atomic mass is 9.64. The highest BCUT2D eigenvalue weighted by molar-refractivity contribution is 5.19. The summed E-state index contributed by atoms with van der Waals surface area (Å²) in [6, 6.07) is 11.1. The quantitative estimate of drug-likeness (QED) is 0.877. The molecule has 0 aliphatic heterocycles. The molecule has 2 unspecified atom stereocenters. The van der Waals surface area contributed by atoms with Gasteiger partial charge in [0, 0.05) is 12.1 Å². The van der Waals surface area contributed by atoms with Crippen LogP contribution in [0.25, 0.3) is 0 Å². The number of hydrogen-bond donors (Lipinski definition) is 2. The molecule has 2 N–H and O–H groups in total. The second-order valence-corrected chi connectivity index (χ2v) is 6.72. The van der Waals surface area contributed by atoms with E-state index in [2.05, 4.69) is 42.6 Å². The Kier molecular flexibility index (Phi) is 4.13. The van der Waals surface area contributed by atoms with E-state index in [0.29, 0.717) is 12.0 Å². The molecule has 0 radical (unpaired) electrons. The van der Waals surface area contributed by atoms with Crippen molar-refractivity contribution in [3.05, 3.63) is 35.9 Å². The average molecular weight is 273 g/mol. The molecule has 2 saturated carbocycles. The van der Waals surface area contributed by atoms with E-state index < -0.39 is 5.60 Å². The summed E-state index contributed by atoms with van der Waals surface area (Å²) in [5.41, 5.74) is 0.855. The maximum atomic E-state index is 11.2. The summed E-state index contributed by atoms with van der Waals surface area (Å²) in [5.74, 6) is 0.519. The first kappa shape index (κ1) is 14.1. The van der Waals surface area contributed by atoms with Gasteiger partial charge < -0.3 is 10.4 Å². The summed E-state index contributed by atoms with van der Waals surface area (Å²) >= 11 is 0. The second-order valence-electron chi connectivity index (χ2n) is 6.72. The summed E-state index contributed by atoms with van der Waals surface area (Å²) in [7, 11) is 0. The Balaban J connectivity index is 1.72. The Morgan fingerprint density at radius 3 is 2.65 bits per heavy atom. The van der Waals surface area contributed by atoms with Crippen LogP contribution in [0.5, 0.6) is 0 Å². The highest BCUT2D eigenvalue weighted by atomic mass is 16.3. The van der Waals surface area contributed by atoms with Crippen LogP contribution in [-0.2, 0) is 0 Å². The van der Waals surface area contributed by atoms with Crippen molar-refractivity contribution in [1.29, 1.82) is 0 Å². The number of fused-ring (bicyclic) bond motifs is 1. The number of nitrogens with one attached hydrogen (secondary N) is 1. The highest BCUT2D eigenvalue weighted by Crippen LogP contribution is 2.44. The van der Waals surface area contributed by atoms with E-state index in [4.69, 9.17) is 0 Å². The molecule has 0 spiro atoms. The van der Waals surface area contributed by atoms with Gasteiger partial charge in [0.25, 0.3) is 0 Å². The van der Waals surface area contributed by atoms with Gasteiger partial charge in [0.1, 0.15) is 0 Å². The average Bonchev–Trinajstić information content (AvgIpc) is 2.49. The van der Waals surface area contributed by atoms with Gasteiger partial charge in [0.15, 0.2) is 0 Å². The van der Waals surface area contributed by atoms with Crippen molar-refractivity contribution in [1.82, 2.24) is 5.32 Å². The summed E-state index contributed by atoms with van der Waals surface area (Å²) in [6.45, 7) is 2.21. The fourth-order valence-electron chi connectivity index (χ4n) is 4.29. The van der Waals surface area contributed by atoms with Gasteiger partial charge in [0.2, 0.25) is 0 Å². The van der Waals surface area contributed by atoms with E-state index in [1.165, 1.54) is 37.7 Å². The van der Waals surface area contributed by atoms with Crippen LogP contribution in [-0.4, -0.2) is 16.7 Å². The standard InChI is InChI=1S/C18H27NO/c1-14(15-8-3-2-4-9-15)19-17-12-7-11-16-10-5-6-13-18(16,17)20/h2-4,8-9,14,16-17,19-20H,5-7,10-13H2,1H3/t14?,16-,17?,18-/m1/s1. The van der Waals surface area contributed by atoms with Gasteiger partial charge in [0.05, 0.1) is 5.60 Å². The van der Waals surface area contributed by atoms with Crippen molar-refractivity contribution in [3.8, 4) is 0 Å². The minimum atomic E-state index is -0.459. The Morgan fingerprint density at radius 1 is 1.10 bits per heavy atom. The number of aliphatic hydroxyl groups is 1. The molecule has 2 fully saturated rings. The molecular formula is C18H27NO. The minimum Gasteiger partial charge on any atom is -0.388 e. The maximum Gasteiger partial charge on any atom is 0.0828 e. The van der Waals surface area contributed by atoms with E-state index in [0.717, 1.165) is 12.8 Å². The highest BCUT2D eigenvalue weighted by Gasteiger charge is 2.47. The van der Waals surface area contributed by atoms with Gasteiger partial charge in [-0.15, -0.1) is 0 Å². The lowest BCUT2D eigenvalue weighted by Gasteiger charge is -2.50. The summed E-state index contributed by atoms with van der Waals surface area (Å²) in [6.07, 6.45) is 8.27. The summed E-state index contributed by atoms with van der Waals surface area (Å²) < 4.78 is 0. The number of benzene rings is 1. The topological polar surface area (TPSA) is 32.3 Å². The van der Waals surface area contributed by atoms with Gasteiger partial charge in [-0.2, -0.15) is 0 Å². The van der Waals surface area contributed by atoms with Crippen molar-refractivity contribution in [2.75, 3.05) is 0 Å². The van der Waals surface area contributed by atoms with Gasteiger partial charge in [-0.05, 0) is 44.1 Å². The molecule has 1 aromatic rings. The first-order valence-electron chi connectivity index (χ1n) is 8.23. The third kappa shape index (κ3) is 2.64. The third-order valence-corrected chi connectivity index (χ3v) is 5.49. The first-order valence-corrected chi connectivity index (χ1v) is 8.23. The summed E-state index contributed by atoms with van der Waals surface area (Å²) in [4.78, 5) is 0. The SMILES string of the molecule is CC(NC1CCC[C@H]2CCCC[C@]12O)c1ccccc1. The van der Waals surface area contributed by atoms with E-state index >= 15 is 0 Å². The monoisotopic (exact) mass is 273 g/mol. The van der Waals surface area contributed by atoms with Crippen LogP contribution in [0.1, 0.15) is 63.5 Å². The molecule has 0 bridgehead atoms. The molecule has 110 valence electrons. The zero-order valence-electron chi connectivity index (χ0n) is 12.5. The van der Waals surface area contributed by atoms with E-state index in [-0.39, 0.29) is 6.04 Å². The third-order valence-electron chi connectivity index (χ3n) is 5.49. The van der Waals surface area contributed by atoms with E-state index in [1.54, 1.807) is 0 Å². The Hall–Kier alpha value is -0.860. The zero-order valence-corrected chi connectivity index (χ0v) is 12.5. The maximum absolute atomic E-state index is 11.2. The Morgan fingerprint density at radius 2 is 1.85 bits per heavy atom. The van der Waals surface area contributed by atoms with Crippen LogP contribution in [0, 0.1) is 5.92 Å². The van der Waals surface area contributed by atoms with Crippen LogP contribution >= 0.6 is 0 Å². The molecule has 0 heterocycles. The van der Waals surface area contributed by atoms with Crippen molar-refractivity contribution < 1.29 is 5.11 Å². The van der Waals surface area contributed by atoms with Crippen molar-refractivity contribution >= 4 is 0 Å². The molecule has 1 aromatic carbocycles. The molecule has 4 atom stereocenters. The predicted molar refractivity (Wildman–Crippen MR) is 82.5 cm³/mol. The summed E-state index contributed by atoms with van der Waals surface area (Å²) in [5, 5.41) is 14.9. The van der Waals surface area contributed by atoms with Crippen LogP contribution in [0.3, 0.4) is 0 Å². The van der Waals surface area contributed by atoms with Crippen LogP contribution < -0.4 is 5.32 Å². The molecule has 0 aromatic heterocycles. The Labute approximate surface area is 122 Å². The lowest BCUT2D eigenvalue weighted by molar-refractivity contribution is -0.101. The largest absolute Gasteiger partial charge is 0.388 e. The molecule has 2 aliphatic carbocycles. The Bertz CT molecular complexity index is 430. The molecular weight excluding hydrogens is 246 g/mol. The molecule has 2 heteroatoms. The normalized spacial score (nSPS) is 35.3. The van der Waals surface area contributed by atoms with Crippen molar-refractivity contribution in [3.63, 3.8) is 0 Å².